The standard InChI is InChI=1S/C38H22BrNO/c39-24-19-17-23(18-20-24)37-29-21-33-36(22-28(29)27-11-3-7-15-34(27)40-37)41-35-16-8-6-14-32(35)38(33)30-12-4-1-9-25(30)26-10-2-5-13-31(26)38/h1-22H. The molecule has 192 valence electrons. The van der Waals surface area contributed by atoms with E-state index >= 15 is 0 Å². The molecule has 1 aliphatic heterocycles. The minimum atomic E-state index is -0.506. The van der Waals surface area contributed by atoms with Gasteiger partial charge in [-0.25, -0.2) is 4.98 Å². The minimum absolute atomic E-state index is 0.506. The number of rotatable bonds is 1. The molecule has 2 heterocycles. The van der Waals surface area contributed by atoms with Crippen LogP contribution in [0.3, 0.4) is 0 Å². The van der Waals surface area contributed by atoms with Crippen LogP contribution in [0.5, 0.6) is 11.5 Å². The first kappa shape index (κ1) is 23.0. The Morgan fingerprint density at radius 2 is 1.15 bits per heavy atom. The fraction of sp³-hybridized carbons (Fsp3) is 0.0263. The van der Waals surface area contributed by atoms with Gasteiger partial charge < -0.3 is 4.74 Å². The Hall–Kier alpha value is -4.73. The van der Waals surface area contributed by atoms with E-state index in [1.54, 1.807) is 0 Å². The van der Waals surface area contributed by atoms with Gasteiger partial charge in [0.15, 0.2) is 0 Å². The van der Waals surface area contributed by atoms with Crippen molar-refractivity contribution in [1.29, 1.82) is 0 Å². The molecule has 0 amide bonds. The zero-order valence-corrected chi connectivity index (χ0v) is 23.5. The average molecular weight is 589 g/mol. The van der Waals surface area contributed by atoms with Gasteiger partial charge in [-0.2, -0.15) is 0 Å². The molecule has 2 nitrogen and oxygen atoms in total. The third-order valence-electron chi connectivity index (χ3n) is 8.79. The first-order valence-corrected chi connectivity index (χ1v) is 14.6. The quantitative estimate of drug-likeness (QED) is 0.178. The molecule has 9 rings (SSSR count). The molecule has 0 saturated carbocycles. The number of pyridine rings is 1. The summed E-state index contributed by atoms with van der Waals surface area (Å²) >= 11 is 3.61. The second-order valence-corrected chi connectivity index (χ2v) is 11.7. The molecule has 0 bridgehead atoms. The molecule has 7 aromatic rings. The van der Waals surface area contributed by atoms with Crippen molar-refractivity contribution in [1.82, 2.24) is 4.98 Å². The van der Waals surface area contributed by atoms with Crippen LogP contribution in [0.2, 0.25) is 0 Å². The lowest BCUT2D eigenvalue weighted by atomic mass is 9.65. The summed E-state index contributed by atoms with van der Waals surface area (Å²) in [5.74, 6) is 1.79. The number of fused-ring (bicyclic) bond motifs is 12. The van der Waals surface area contributed by atoms with E-state index in [1.807, 2.05) is 0 Å². The molecule has 41 heavy (non-hydrogen) atoms. The third kappa shape index (κ3) is 3.04. The summed E-state index contributed by atoms with van der Waals surface area (Å²) in [7, 11) is 0. The fourth-order valence-corrected chi connectivity index (χ4v) is 7.39. The second kappa shape index (κ2) is 8.39. The van der Waals surface area contributed by atoms with E-state index < -0.39 is 5.41 Å². The van der Waals surface area contributed by atoms with E-state index in [-0.39, 0.29) is 0 Å². The van der Waals surface area contributed by atoms with Gasteiger partial charge in [-0.15, -0.1) is 0 Å². The van der Waals surface area contributed by atoms with Gasteiger partial charge in [0.05, 0.1) is 16.6 Å². The molecule has 0 fully saturated rings. The normalized spacial score (nSPS) is 13.9. The Bertz CT molecular complexity index is 2150. The summed E-state index contributed by atoms with van der Waals surface area (Å²) < 4.78 is 7.83. The summed E-state index contributed by atoms with van der Waals surface area (Å²) in [6, 6.07) is 47.7. The highest BCUT2D eigenvalue weighted by atomic mass is 79.9. The first-order chi connectivity index (χ1) is 20.2. The summed E-state index contributed by atoms with van der Waals surface area (Å²) in [5, 5.41) is 3.38. The van der Waals surface area contributed by atoms with Crippen LogP contribution >= 0.6 is 15.9 Å². The lowest BCUT2D eigenvalue weighted by Gasteiger charge is -2.39. The van der Waals surface area contributed by atoms with Crippen molar-refractivity contribution in [3.05, 3.63) is 160 Å². The van der Waals surface area contributed by atoms with Crippen molar-refractivity contribution in [3.63, 3.8) is 0 Å². The molecule has 6 aromatic carbocycles. The van der Waals surface area contributed by atoms with Crippen molar-refractivity contribution in [2.45, 2.75) is 5.41 Å². The fourth-order valence-electron chi connectivity index (χ4n) is 7.13. The van der Waals surface area contributed by atoms with E-state index in [4.69, 9.17) is 9.72 Å². The van der Waals surface area contributed by atoms with Gasteiger partial charge in [0.25, 0.3) is 0 Å². The monoisotopic (exact) mass is 587 g/mol. The number of halogens is 1. The minimum Gasteiger partial charge on any atom is -0.457 e. The van der Waals surface area contributed by atoms with Gasteiger partial charge in [-0.3, -0.25) is 0 Å². The van der Waals surface area contributed by atoms with E-state index in [2.05, 4.69) is 149 Å². The van der Waals surface area contributed by atoms with Crippen LogP contribution in [0.4, 0.5) is 0 Å². The van der Waals surface area contributed by atoms with E-state index in [0.717, 1.165) is 54.5 Å². The Morgan fingerprint density at radius 1 is 0.512 bits per heavy atom. The largest absolute Gasteiger partial charge is 0.457 e. The van der Waals surface area contributed by atoms with E-state index in [1.165, 1.54) is 27.8 Å². The van der Waals surface area contributed by atoms with Crippen LogP contribution < -0.4 is 4.74 Å². The predicted octanol–water partition coefficient (Wildman–Crippen LogP) is 10.3. The molecule has 1 aromatic heterocycles. The number of aromatic nitrogens is 1. The summed E-state index contributed by atoms with van der Waals surface area (Å²) in [6.07, 6.45) is 0. The molecule has 0 unspecified atom stereocenters. The average Bonchev–Trinajstić information content (AvgIpc) is 3.32. The van der Waals surface area contributed by atoms with Crippen LogP contribution in [0.1, 0.15) is 22.3 Å². The number of hydrogen-bond acceptors (Lipinski definition) is 2. The van der Waals surface area contributed by atoms with Gasteiger partial charge in [0.1, 0.15) is 11.5 Å². The maximum Gasteiger partial charge on any atom is 0.132 e. The lowest BCUT2D eigenvalue weighted by molar-refractivity contribution is 0.437. The van der Waals surface area contributed by atoms with Crippen LogP contribution in [0.25, 0.3) is 44.1 Å². The van der Waals surface area contributed by atoms with Gasteiger partial charge in [-0.05, 0) is 64.0 Å². The van der Waals surface area contributed by atoms with Crippen LogP contribution in [0.15, 0.2) is 138 Å². The molecule has 0 N–H and O–H groups in total. The van der Waals surface area contributed by atoms with Gasteiger partial charge in [-0.1, -0.05) is 113 Å². The van der Waals surface area contributed by atoms with E-state index in [0.29, 0.717) is 0 Å². The molecule has 1 spiro atoms. The van der Waals surface area contributed by atoms with Crippen molar-refractivity contribution in [2.75, 3.05) is 0 Å². The second-order valence-electron chi connectivity index (χ2n) is 10.8. The topological polar surface area (TPSA) is 22.1 Å². The number of nitrogens with zero attached hydrogens (tertiary/aromatic N) is 1. The molecule has 1 aliphatic carbocycles. The van der Waals surface area contributed by atoms with Gasteiger partial charge in [0.2, 0.25) is 0 Å². The molecular weight excluding hydrogens is 566 g/mol. The van der Waals surface area contributed by atoms with Crippen molar-refractivity contribution >= 4 is 37.6 Å². The molecule has 0 atom stereocenters. The number of ether oxygens (including phenoxy) is 1. The Balaban J connectivity index is 1.47. The molecule has 0 radical (unpaired) electrons. The first-order valence-electron chi connectivity index (χ1n) is 13.8. The number of para-hydroxylation sites is 2. The zero-order valence-electron chi connectivity index (χ0n) is 21.9. The predicted molar refractivity (Wildman–Crippen MR) is 170 cm³/mol. The summed E-state index contributed by atoms with van der Waals surface area (Å²) in [5.41, 5.74) is 9.97. The maximum absolute atomic E-state index is 6.79. The highest BCUT2D eigenvalue weighted by Gasteiger charge is 2.51. The summed E-state index contributed by atoms with van der Waals surface area (Å²) in [4.78, 5) is 5.24. The van der Waals surface area contributed by atoms with Crippen molar-refractivity contribution in [3.8, 4) is 33.9 Å². The Kier molecular flexibility index (Phi) is 4.71. The van der Waals surface area contributed by atoms with Crippen LogP contribution in [-0.2, 0) is 5.41 Å². The molecule has 3 heteroatoms. The highest BCUT2D eigenvalue weighted by molar-refractivity contribution is 9.10. The maximum atomic E-state index is 6.79. The number of hydrogen-bond donors (Lipinski definition) is 0. The van der Waals surface area contributed by atoms with Gasteiger partial charge >= 0.3 is 0 Å². The number of benzene rings is 6. The van der Waals surface area contributed by atoms with Crippen molar-refractivity contribution < 1.29 is 4.74 Å². The van der Waals surface area contributed by atoms with Crippen LogP contribution in [-0.4, -0.2) is 4.98 Å². The summed E-state index contributed by atoms with van der Waals surface area (Å²) in [6.45, 7) is 0. The Morgan fingerprint density at radius 3 is 1.90 bits per heavy atom. The van der Waals surface area contributed by atoms with Crippen LogP contribution in [0, 0.1) is 0 Å². The highest BCUT2D eigenvalue weighted by Crippen LogP contribution is 2.62. The molecular formula is C38H22BrNO. The SMILES string of the molecule is Brc1ccc(-c2nc3ccccc3c3cc4c(cc23)C2(c3ccccc3O4)c3ccccc3-c3ccccc32)cc1. The lowest BCUT2D eigenvalue weighted by Crippen LogP contribution is -2.32. The third-order valence-corrected chi connectivity index (χ3v) is 9.31. The Labute approximate surface area is 246 Å². The van der Waals surface area contributed by atoms with E-state index in [9.17, 15) is 0 Å². The molecule has 0 saturated heterocycles. The zero-order chi connectivity index (χ0) is 27.1. The smallest absolute Gasteiger partial charge is 0.132 e. The van der Waals surface area contributed by atoms with Gasteiger partial charge in [0, 0.05) is 31.9 Å². The molecule has 2 aliphatic rings. The van der Waals surface area contributed by atoms with Crippen molar-refractivity contribution in [2.24, 2.45) is 0 Å².